The first-order valence-electron chi connectivity index (χ1n) is 5.07. The van der Waals surface area contributed by atoms with Gasteiger partial charge in [-0.15, -0.1) is 0 Å². The number of hydrogen-bond donors (Lipinski definition) is 0. The SMILES string of the molecule is C[C@H]1CP(c2ccccc2)C[C@@H]1C. The van der Waals surface area contributed by atoms with E-state index in [1.54, 1.807) is 5.30 Å². The van der Waals surface area contributed by atoms with Gasteiger partial charge in [0, 0.05) is 0 Å². The fourth-order valence-corrected chi connectivity index (χ4v) is 5.25. The van der Waals surface area contributed by atoms with Crippen molar-refractivity contribution in [2.24, 2.45) is 11.8 Å². The van der Waals surface area contributed by atoms with Gasteiger partial charge < -0.3 is 0 Å². The van der Waals surface area contributed by atoms with Crippen molar-refractivity contribution in [3.8, 4) is 0 Å². The van der Waals surface area contributed by atoms with E-state index in [1.165, 1.54) is 12.3 Å². The van der Waals surface area contributed by atoms with E-state index in [0.717, 1.165) is 11.8 Å². The first-order chi connectivity index (χ1) is 6.27. The molecule has 0 amide bonds. The van der Waals surface area contributed by atoms with Gasteiger partial charge in [0.05, 0.1) is 0 Å². The smallest absolute Gasteiger partial charge is 0.0240 e. The summed E-state index contributed by atoms with van der Waals surface area (Å²) >= 11 is 0. The van der Waals surface area contributed by atoms with Gasteiger partial charge >= 0.3 is 0 Å². The predicted octanol–water partition coefficient (Wildman–Crippen LogP) is 3.08. The van der Waals surface area contributed by atoms with E-state index in [2.05, 4.69) is 44.2 Å². The van der Waals surface area contributed by atoms with Gasteiger partial charge in [-0.25, -0.2) is 0 Å². The van der Waals surface area contributed by atoms with Gasteiger partial charge in [-0.3, -0.25) is 0 Å². The Balaban J connectivity index is 2.12. The highest BCUT2D eigenvalue weighted by molar-refractivity contribution is 7.65. The van der Waals surface area contributed by atoms with Gasteiger partial charge in [-0.05, 0) is 29.5 Å². The summed E-state index contributed by atoms with van der Waals surface area (Å²) in [7, 11) is 0.181. The maximum absolute atomic E-state index is 2.40. The molecule has 0 bridgehead atoms. The van der Waals surface area contributed by atoms with Crippen molar-refractivity contribution in [1.82, 2.24) is 0 Å². The van der Waals surface area contributed by atoms with Crippen LogP contribution in [0.5, 0.6) is 0 Å². The molecule has 0 radical (unpaired) electrons. The van der Waals surface area contributed by atoms with Crippen LogP contribution in [0.2, 0.25) is 0 Å². The molecule has 0 spiro atoms. The van der Waals surface area contributed by atoms with Crippen LogP contribution >= 0.6 is 7.92 Å². The highest BCUT2D eigenvalue weighted by Gasteiger charge is 2.28. The average molecular weight is 192 g/mol. The zero-order valence-corrected chi connectivity index (χ0v) is 9.30. The quantitative estimate of drug-likeness (QED) is 0.600. The standard InChI is InChI=1S/C12H17P/c1-10-8-13(9-11(10)2)12-6-4-3-5-7-12/h3-7,10-11H,8-9H2,1-2H3/t10-,11-/m0/s1. The summed E-state index contributed by atoms with van der Waals surface area (Å²) in [5, 5.41) is 1.61. The van der Waals surface area contributed by atoms with Crippen LogP contribution in [0.1, 0.15) is 13.8 Å². The summed E-state index contributed by atoms with van der Waals surface area (Å²) in [6.07, 6.45) is 2.89. The zero-order chi connectivity index (χ0) is 9.26. The highest BCUT2D eigenvalue weighted by Crippen LogP contribution is 2.47. The Morgan fingerprint density at radius 3 is 2.08 bits per heavy atom. The maximum atomic E-state index is 2.40. The fourth-order valence-electron chi connectivity index (χ4n) is 1.98. The largest absolute Gasteiger partial charge is 0.0748 e. The Labute approximate surface area is 82.1 Å². The number of rotatable bonds is 1. The van der Waals surface area contributed by atoms with Gasteiger partial charge in [0.1, 0.15) is 0 Å². The Kier molecular flexibility index (Phi) is 2.69. The highest BCUT2D eigenvalue weighted by atomic mass is 31.1. The van der Waals surface area contributed by atoms with Gasteiger partial charge in [0.2, 0.25) is 0 Å². The van der Waals surface area contributed by atoms with E-state index >= 15 is 0 Å². The first kappa shape index (κ1) is 9.21. The third-order valence-corrected chi connectivity index (χ3v) is 6.17. The van der Waals surface area contributed by atoms with Gasteiger partial charge in [0.15, 0.2) is 0 Å². The summed E-state index contributed by atoms with van der Waals surface area (Å²) in [5.74, 6) is 1.87. The van der Waals surface area contributed by atoms with Crippen molar-refractivity contribution in [2.75, 3.05) is 12.3 Å². The van der Waals surface area contributed by atoms with E-state index in [4.69, 9.17) is 0 Å². The maximum Gasteiger partial charge on any atom is -0.0240 e. The normalized spacial score (nSPS) is 29.4. The van der Waals surface area contributed by atoms with Crippen LogP contribution in [-0.2, 0) is 0 Å². The number of benzene rings is 1. The molecule has 1 fully saturated rings. The minimum absolute atomic E-state index is 0.181. The molecule has 2 atom stereocenters. The van der Waals surface area contributed by atoms with E-state index in [1.807, 2.05) is 0 Å². The van der Waals surface area contributed by atoms with Crippen LogP contribution in [0.15, 0.2) is 30.3 Å². The average Bonchev–Trinajstić information content (AvgIpc) is 2.49. The van der Waals surface area contributed by atoms with Crippen LogP contribution in [0.25, 0.3) is 0 Å². The summed E-state index contributed by atoms with van der Waals surface area (Å²) in [6.45, 7) is 4.80. The first-order valence-corrected chi connectivity index (χ1v) is 6.78. The van der Waals surface area contributed by atoms with Gasteiger partial charge in [-0.1, -0.05) is 52.1 Å². The molecule has 70 valence electrons. The molecular weight excluding hydrogens is 175 g/mol. The molecule has 1 saturated heterocycles. The number of hydrogen-bond acceptors (Lipinski definition) is 0. The second kappa shape index (κ2) is 3.80. The fraction of sp³-hybridized carbons (Fsp3) is 0.500. The van der Waals surface area contributed by atoms with E-state index in [-0.39, 0.29) is 7.92 Å². The summed E-state index contributed by atoms with van der Waals surface area (Å²) in [4.78, 5) is 0. The van der Waals surface area contributed by atoms with Crippen molar-refractivity contribution >= 4 is 13.2 Å². The minimum Gasteiger partial charge on any atom is -0.0748 e. The van der Waals surface area contributed by atoms with Gasteiger partial charge in [0.25, 0.3) is 0 Å². The van der Waals surface area contributed by atoms with Crippen LogP contribution in [0.4, 0.5) is 0 Å². The Bertz CT molecular complexity index is 258. The van der Waals surface area contributed by atoms with Crippen LogP contribution in [0, 0.1) is 11.8 Å². The lowest BCUT2D eigenvalue weighted by Gasteiger charge is -2.09. The molecule has 0 nitrogen and oxygen atoms in total. The van der Waals surface area contributed by atoms with Gasteiger partial charge in [-0.2, -0.15) is 0 Å². The Morgan fingerprint density at radius 1 is 1.00 bits per heavy atom. The minimum atomic E-state index is 0.181. The second-order valence-electron chi connectivity index (χ2n) is 4.20. The molecule has 0 aliphatic carbocycles. The molecule has 0 saturated carbocycles. The Hall–Kier alpha value is -0.350. The van der Waals surface area contributed by atoms with Crippen LogP contribution < -0.4 is 5.30 Å². The summed E-state index contributed by atoms with van der Waals surface area (Å²) in [5.41, 5.74) is 0. The monoisotopic (exact) mass is 192 g/mol. The third-order valence-electron chi connectivity index (χ3n) is 3.11. The van der Waals surface area contributed by atoms with Crippen molar-refractivity contribution < 1.29 is 0 Å². The topological polar surface area (TPSA) is 0 Å². The molecule has 1 heteroatoms. The second-order valence-corrected chi connectivity index (χ2v) is 6.52. The lowest BCUT2D eigenvalue weighted by molar-refractivity contribution is 0.494. The van der Waals surface area contributed by atoms with Crippen molar-refractivity contribution in [3.05, 3.63) is 30.3 Å². The van der Waals surface area contributed by atoms with E-state index in [0.29, 0.717) is 0 Å². The third kappa shape index (κ3) is 1.94. The molecule has 0 N–H and O–H groups in total. The molecule has 0 aromatic heterocycles. The Morgan fingerprint density at radius 2 is 1.54 bits per heavy atom. The van der Waals surface area contributed by atoms with Crippen LogP contribution in [-0.4, -0.2) is 12.3 Å². The molecule has 1 aromatic carbocycles. The lowest BCUT2D eigenvalue weighted by atomic mass is 10.0. The zero-order valence-electron chi connectivity index (χ0n) is 8.40. The molecule has 13 heavy (non-hydrogen) atoms. The molecule has 1 aromatic rings. The summed E-state index contributed by atoms with van der Waals surface area (Å²) < 4.78 is 0. The molecule has 1 aliphatic rings. The van der Waals surface area contributed by atoms with Crippen molar-refractivity contribution in [2.45, 2.75) is 13.8 Å². The van der Waals surface area contributed by atoms with E-state index < -0.39 is 0 Å². The molecular formula is C12H17P. The molecule has 2 rings (SSSR count). The predicted molar refractivity (Wildman–Crippen MR) is 61.1 cm³/mol. The van der Waals surface area contributed by atoms with Crippen molar-refractivity contribution in [1.29, 1.82) is 0 Å². The van der Waals surface area contributed by atoms with Crippen LogP contribution in [0.3, 0.4) is 0 Å². The van der Waals surface area contributed by atoms with E-state index in [9.17, 15) is 0 Å². The summed E-state index contributed by atoms with van der Waals surface area (Å²) in [6, 6.07) is 11.1. The molecule has 1 heterocycles. The molecule has 0 unspecified atom stereocenters. The lowest BCUT2D eigenvalue weighted by Crippen LogP contribution is -2.01. The molecule has 1 aliphatic heterocycles. The van der Waals surface area contributed by atoms with Crippen molar-refractivity contribution in [3.63, 3.8) is 0 Å².